The van der Waals surface area contributed by atoms with Crippen LogP contribution in [-0.4, -0.2) is 12.1 Å². The minimum atomic E-state index is 0.145. The Bertz CT molecular complexity index is 378. The standard InChI is InChI=1S/C14H20ClNO/c1-3-14(2)12(16)8-13(14)17-9-10-4-6-11(15)7-5-10/h4-7,12-13H,3,8-9,16H2,1-2H3. The molecule has 3 unspecified atom stereocenters. The van der Waals surface area contributed by atoms with Gasteiger partial charge in [0.25, 0.3) is 0 Å². The van der Waals surface area contributed by atoms with Gasteiger partial charge in [-0.3, -0.25) is 0 Å². The van der Waals surface area contributed by atoms with E-state index in [1.54, 1.807) is 0 Å². The van der Waals surface area contributed by atoms with Crippen molar-refractivity contribution in [2.24, 2.45) is 11.1 Å². The summed E-state index contributed by atoms with van der Waals surface area (Å²) in [5.74, 6) is 0. The quantitative estimate of drug-likeness (QED) is 0.893. The van der Waals surface area contributed by atoms with Gasteiger partial charge in [-0.15, -0.1) is 0 Å². The average Bonchev–Trinajstić information content (AvgIpc) is 2.35. The molecule has 2 rings (SSSR count). The summed E-state index contributed by atoms with van der Waals surface area (Å²) in [6, 6.07) is 8.08. The molecule has 2 nitrogen and oxygen atoms in total. The Hall–Kier alpha value is -0.570. The van der Waals surface area contributed by atoms with E-state index in [0.717, 1.165) is 23.4 Å². The van der Waals surface area contributed by atoms with Gasteiger partial charge in [-0.2, -0.15) is 0 Å². The van der Waals surface area contributed by atoms with Crippen LogP contribution >= 0.6 is 11.6 Å². The van der Waals surface area contributed by atoms with Crippen molar-refractivity contribution in [3.63, 3.8) is 0 Å². The molecule has 2 N–H and O–H groups in total. The lowest BCUT2D eigenvalue weighted by Gasteiger charge is -2.51. The van der Waals surface area contributed by atoms with E-state index in [1.807, 2.05) is 24.3 Å². The molecule has 1 fully saturated rings. The molecule has 0 aliphatic heterocycles. The van der Waals surface area contributed by atoms with E-state index < -0.39 is 0 Å². The third-order valence-electron chi connectivity index (χ3n) is 4.18. The van der Waals surface area contributed by atoms with Gasteiger partial charge in [-0.05, 0) is 30.5 Å². The van der Waals surface area contributed by atoms with Gasteiger partial charge in [-0.1, -0.05) is 37.6 Å². The molecule has 3 atom stereocenters. The van der Waals surface area contributed by atoms with Gasteiger partial charge in [0, 0.05) is 16.5 Å². The third-order valence-corrected chi connectivity index (χ3v) is 4.43. The Morgan fingerprint density at radius 1 is 1.41 bits per heavy atom. The Morgan fingerprint density at radius 3 is 2.59 bits per heavy atom. The Kier molecular flexibility index (Phi) is 3.76. The molecule has 1 aliphatic rings. The van der Waals surface area contributed by atoms with Gasteiger partial charge in [0.2, 0.25) is 0 Å². The van der Waals surface area contributed by atoms with Crippen molar-refractivity contribution in [1.29, 1.82) is 0 Å². The summed E-state index contributed by atoms with van der Waals surface area (Å²) in [5, 5.41) is 0.762. The summed E-state index contributed by atoms with van der Waals surface area (Å²) in [4.78, 5) is 0. The average molecular weight is 254 g/mol. The number of nitrogens with two attached hydrogens (primary N) is 1. The normalized spacial score (nSPS) is 32.2. The van der Waals surface area contributed by atoms with Crippen LogP contribution in [0, 0.1) is 5.41 Å². The van der Waals surface area contributed by atoms with Crippen molar-refractivity contribution in [1.82, 2.24) is 0 Å². The summed E-state index contributed by atoms with van der Waals surface area (Å²) in [6.45, 7) is 5.04. The molecule has 0 aromatic heterocycles. The summed E-state index contributed by atoms with van der Waals surface area (Å²) >= 11 is 5.84. The lowest BCUT2D eigenvalue weighted by atomic mass is 9.62. The molecule has 0 radical (unpaired) electrons. The molecule has 0 saturated heterocycles. The molecule has 1 aromatic carbocycles. The van der Waals surface area contributed by atoms with E-state index in [2.05, 4.69) is 13.8 Å². The molecule has 94 valence electrons. The second-order valence-corrected chi connectivity index (χ2v) is 5.56. The van der Waals surface area contributed by atoms with Crippen LogP contribution in [0.25, 0.3) is 0 Å². The smallest absolute Gasteiger partial charge is 0.0720 e. The second-order valence-electron chi connectivity index (χ2n) is 5.13. The first-order valence-electron chi connectivity index (χ1n) is 6.18. The van der Waals surface area contributed by atoms with Gasteiger partial charge in [0.15, 0.2) is 0 Å². The van der Waals surface area contributed by atoms with Crippen LogP contribution in [-0.2, 0) is 11.3 Å². The van der Waals surface area contributed by atoms with Crippen LogP contribution in [0.15, 0.2) is 24.3 Å². The molecular weight excluding hydrogens is 234 g/mol. The van der Waals surface area contributed by atoms with E-state index in [9.17, 15) is 0 Å². The molecule has 1 saturated carbocycles. The van der Waals surface area contributed by atoms with E-state index in [0.29, 0.717) is 6.61 Å². The maximum absolute atomic E-state index is 6.05. The first-order valence-corrected chi connectivity index (χ1v) is 6.55. The number of hydrogen-bond acceptors (Lipinski definition) is 2. The van der Waals surface area contributed by atoms with E-state index in [-0.39, 0.29) is 17.6 Å². The fourth-order valence-electron chi connectivity index (χ4n) is 2.37. The zero-order chi connectivity index (χ0) is 12.5. The molecule has 3 heteroatoms. The molecule has 1 aromatic rings. The van der Waals surface area contributed by atoms with Crippen LogP contribution in [0.1, 0.15) is 32.3 Å². The summed E-state index contributed by atoms with van der Waals surface area (Å²) in [5.41, 5.74) is 7.36. The van der Waals surface area contributed by atoms with Crippen molar-refractivity contribution in [3.05, 3.63) is 34.9 Å². The van der Waals surface area contributed by atoms with Crippen molar-refractivity contribution < 1.29 is 4.74 Å². The predicted molar refractivity (Wildman–Crippen MR) is 71.0 cm³/mol. The first-order chi connectivity index (χ1) is 8.06. The molecule has 0 heterocycles. The highest BCUT2D eigenvalue weighted by Gasteiger charge is 2.49. The van der Waals surface area contributed by atoms with Crippen LogP contribution < -0.4 is 5.73 Å². The van der Waals surface area contributed by atoms with E-state index in [1.165, 1.54) is 0 Å². The van der Waals surface area contributed by atoms with Crippen LogP contribution in [0.5, 0.6) is 0 Å². The fourth-order valence-corrected chi connectivity index (χ4v) is 2.50. The zero-order valence-corrected chi connectivity index (χ0v) is 11.2. The largest absolute Gasteiger partial charge is 0.373 e. The number of hydrogen-bond donors (Lipinski definition) is 1. The minimum absolute atomic E-state index is 0.145. The van der Waals surface area contributed by atoms with E-state index >= 15 is 0 Å². The lowest BCUT2D eigenvalue weighted by molar-refractivity contribution is -0.126. The van der Waals surface area contributed by atoms with Gasteiger partial charge < -0.3 is 10.5 Å². The van der Waals surface area contributed by atoms with Crippen LogP contribution in [0.3, 0.4) is 0 Å². The molecular formula is C14H20ClNO. The van der Waals surface area contributed by atoms with Crippen molar-refractivity contribution in [3.8, 4) is 0 Å². The number of rotatable bonds is 4. The molecule has 17 heavy (non-hydrogen) atoms. The Morgan fingerprint density at radius 2 is 2.06 bits per heavy atom. The topological polar surface area (TPSA) is 35.2 Å². The third kappa shape index (κ3) is 2.49. The predicted octanol–water partition coefficient (Wildman–Crippen LogP) is 3.37. The zero-order valence-electron chi connectivity index (χ0n) is 10.4. The highest BCUT2D eigenvalue weighted by atomic mass is 35.5. The summed E-state index contributed by atoms with van der Waals surface area (Å²) < 4.78 is 5.96. The van der Waals surface area contributed by atoms with E-state index in [4.69, 9.17) is 22.1 Å². The molecule has 0 amide bonds. The number of ether oxygens (including phenoxy) is 1. The number of halogens is 1. The van der Waals surface area contributed by atoms with Crippen LogP contribution in [0.4, 0.5) is 0 Å². The second kappa shape index (κ2) is 4.97. The molecule has 1 aliphatic carbocycles. The number of benzene rings is 1. The van der Waals surface area contributed by atoms with Crippen molar-refractivity contribution >= 4 is 11.6 Å². The molecule has 0 bridgehead atoms. The lowest BCUT2D eigenvalue weighted by Crippen LogP contribution is -2.60. The highest BCUT2D eigenvalue weighted by molar-refractivity contribution is 6.30. The summed E-state index contributed by atoms with van der Waals surface area (Å²) in [6.07, 6.45) is 2.33. The van der Waals surface area contributed by atoms with Gasteiger partial charge in [0.1, 0.15) is 0 Å². The van der Waals surface area contributed by atoms with Crippen molar-refractivity contribution in [2.45, 2.75) is 45.4 Å². The highest BCUT2D eigenvalue weighted by Crippen LogP contribution is 2.44. The minimum Gasteiger partial charge on any atom is -0.373 e. The van der Waals surface area contributed by atoms with Crippen molar-refractivity contribution in [2.75, 3.05) is 0 Å². The van der Waals surface area contributed by atoms with Gasteiger partial charge >= 0.3 is 0 Å². The Balaban J connectivity index is 1.89. The maximum atomic E-state index is 6.05. The molecule has 0 spiro atoms. The maximum Gasteiger partial charge on any atom is 0.0720 e. The Labute approximate surface area is 108 Å². The monoisotopic (exact) mass is 253 g/mol. The fraction of sp³-hybridized carbons (Fsp3) is 0.571. The van der Waals surface area contributed by atoms with Gasteiger partial charge in [-0.25, -0.2) is 0 Å². The first kappa shape index (κ1) is 12.9. The van der Waals surface area contributed by atoms with Crippen LogP contribution in [0.2, 0.25) is 5.02 Å². The SMILES string of the molecule is CCC1(C)C(N)CC1OCc1ccc(Cl)cc1. The summed E-state index contributed by atoms with van der Waals surface area (Å²) in [7, 11) is 0. The van der Waals surface area contributed by atoms with Gasteiger partial charge in [0.05, 0.1) is 12.7 Å².